The molecule has 2 aromatic carbocycles. The quantitative estimate of drug-likeness (QED) is 0.742. The van der Waals surface area contributed by atoms with E-state index >= 15 is 0 Å². The van der Waals surface area contributed by atoms with E-state index in [1.807, 2.05) is 0 Å². The Bertz CT molecular complexity index is 598. The van der Waals surface area contributed by atoms with E-state index in [1.54, 1.807) is 0 Å². The van der Waals surface area contributed by atoms with Crippen LogP contribution in [0.4, 0.5) is 0 Å². The highest BCUT2D eigenvalue weighted by molar-refractivity contribution is 6.07. The minimum atomic E-state index is 0.242. The maximum atomic E-state index is 5.90. The van der Waals surface area contributed by atoms with Crippen LogP contribution in [0.3, 0.4) is 0 Å². The molecule has 0 spiro atoms. The molecular weight excluding hydrogens is 222 g/mol. The zero-order valence-corrected chi connectivity index (χ0v) is 10.8. The maximum Gasteiger partial charge on any atom is 0.217 e. The Morgan fingerprint density at radius 3 is 2.67 bits per heavy atom. The summed E-state index contributed by atoms with van der Waals surface area (Å²) in [7, 11) is 0. The molecule has 2 atom stereocenters. The average molecular weight is 239 g/mol. The first-order chi connectivity index (χ1) is 8.74. The number of nitrogens with zero attached hydrogens (tertiary/aromatic N) is 1. The lowest BCUT2D eigenvalue weighted by Crippen LogP contribution is -2.26. The van der Waals surface area contributed by atoms with Gasteiger partial charge in [-0.05, 0) is 30.7 Å². The summed E-state index contributed by atoms with van der Waals surface area (Å²) >= 11 is 0. The summed E-state index contributed by atoms with van der Waals surface area (Å²) in [6.45, 7) is 4.25. The number of ether oxygens (including phenoxy) is 1. The summed E-state index contributed by atoms with van der Waals surface area (Å²) in [4.78, 5) is 4.65. The fourth-order valence-electron chi connectivity index (χ4n) is 2.55. The first-order valence-corrected chi connectivity index (χ1v) is 6.46. The summed E-state index contributed by atoms with van der Waals surface area (Å²) in [6.07, 6.45) is 1.24. The zero-order chi connectivity index (χ0) is 12.5. The number of fused-ring (bicyclic) bond motifs is 1. The largest absolute Gasteiger partial charge is 0.474 e. The van der Waals surface area contributed by atoms with Crippen molar-refractivity contribution in [3.63, 3.8) is 0 Å². The molecule has 2 aromatic rings. The molecule has 0 fully saturated rings. The van der Waals surface area contributed by atoms with Crippen LogP contribution < -0.4 is 0 Å². The van der Waals surface area contributed by atoms with Gasteiger partial charge in [0.2, 0.25) is 5.90 Å². The van der Waals surface area contributed by atoms with Crippen LogP contribution in [-0.4, -0.2) is 18.0 Å². The lowest BCUT2D eigenvalue weighted by atomic mass is 10.0. The Morgan fingerprint density at radius 1 is 1.06 bits per heavy atom. The van der Waals surface area contributed by atoms with Gasteiger partial charge >= 0.3 is 0 Å². The van der Waals surface area contributed by atoms with Crippen molar-refractivity contribution in [3.8, 4) is 0 Å². The van der Waals surface area contributed by atoms with Gasteiger partial charge in [0.1, 0.15) is 0 Å². The summed E-state index contributed by atoms with van der Waals surface area (Å²) in [6, 6.07) is 15.0. The fraction of sp³-hybridized carbons (Fsp3) is 0.312. The van der Waals surface area contributed by atoms with Crippen molar-refractivity contribution >= 4 is 16.7 Å². The highest BCUT2D eigenvalue weighted by Crippen LogP contribution is 2.23. The van der Waals surface area contributed by atoms with E-state index in [0.29, 0.717) is 6.04 Å². The fourth-order valence-corrected chi connectivity index (χ4v) is 2.55. The Balaban J connectivity index is 2.14. The van der Waals surface area contributed by atoms with Gasteiger partial charge in [-0.1, -0.05) is 36.4 Å². The van der Waals surface area contributed by atoms with Gasteiger partial charge in [0.25, 0.3) is 0 Å². The summed E-state index contributed by atoms with van der Waals surface area (Å²) in [5.41, 5.74) is 1.10. The van der Waals surface area contributed by atoms with Gasteiger partial charge in [0, 0.05) is 12.0 Å². The molecule has 0 amide bonds. The zero-order valence-electron chi connectivity index (χ0n) is 10.8. The molecule has 3 rings (SSSR count). The van der Waals surface area contributed by atoms with Crippen molar-refractivity contribution < 1.29 is 4.74 Å². The van der Waals surface area contributed by atoms with Crippen LogP contribution in [-0.2, 0) is 4.74 Å². The van der Waals surface area contributed by atoms with E-state index in [1.165, 1.54) is 10.8 Å². The van der Waals surface area contributed by atoms with Gasteiger partial charge in [-0.2, -0.15) is 0 Å². The van der Waals surface area contributed by atoms with Crippen LogP contribution in [0.2, 0.25) is 0 Å². The third-order valence-electron chi connectivity index (χ3n) is 3.34. The molecule has 0 N–H and O–H groups in total. The third-order valence-corrected chi connectivity index (χ3v) is 3.34. The summed E-state index contributed by atoms with van der Waals surface area (Å²) in [5.74, 6) is 0.790. The smallest absolute Gasteiger partial charge is 0.217 e. The molecule has 2 unspecified atom stereocenters. The maximum absolute atomic E-state index is 5.90. The molecule has 1 aliphatic heterocycles. The van der Waals surface area contributed by atoms with E-state index in [4.69, 9.17) is 4.74 Å². The SMILES string of the molecule is CC1CC(C)OC(c2cccc3ccccc23)=N1. The van der Waals surface area contributed by atoms with Crippen LogP contribution in [0.1, 0.15) is 25.8 Å². The molecule has 0 saturated carbocycles. The van der Waals surface area contributed by atoms with Crippen molar-refractivity contribution in [2.24, 2.45) is 4.99 Å². The lowest BCUT2D eigenvalue weighted by molar-refractivity contribution is 0.172. The van der Waals surface area contributed by atoms with E-state index in [9.17, 15) is 0 Å². The molecule has 2 heteroatoms. The Kier molecular flexibility index (Phi) is 2.78. The van der Waals surface area contributed by atoms with E-state index in [2.05, 4.69) is 61.3 Å². The van der Waals surface area contributed by atoms with Crippen LogP contribution >= 0.6 is 0 Å². The van der Waals surface area contributed by atoms with Gasteiger partial charge in [-0.25, -0.2) is 4.99 Å². The Morgan fingerprint density at radius 2 is 1.83 bits per heavy atom. The highest BCUT2D eigenvalue weighted by Gasteiger charge is 2.20. The predicted molar refractivity (Wildman–Crippen MR) is 75.1 cm³/mol. The topological polar surface area (TPSA) is 21.6 Å². The molecule has 0 aliphatic carbocycles. The monoisotopic (exact) mass is 239 g/mol. The normalized spacial score (nSPS) is 23.6. The highest BCUT2D eigenvalue weighted by atomic mass is 16.5. The van der Waals surface area contributed by atoms with Gasteiger partial charge in [0.05, 0.1) is 12.1 Å². The van der Waals surface area contributed by atoms with Crippen LogP contribution in [0, 0.1) is 0 Å². The third kappa shape index (κ3) is 1.99. The van der Waals surface area contributed by atoms with Gasteiger partial charge in [-0.3, -0.25) is 0 Å². The first kappa shape index (κ1) is 11.3. The molecule has 1 aliphatic rings. The van der Waals surface area contributed by atoms with Crippen molar-refractivity contribution in [1.29, 1.82) is 0 Å². The van der Waals surface area contributed by atoms with Crippen molar-refractivity contribution in [3.05, 3.63) is 48.0 Å². The molecule has 0 radical (unpaired) electrons. The van der Waals surface area contributed by atoms with E-state index in [-0.39, 0.29) is 6.10 Å². The van der Waals surface area contributed by atoms with Crippen molar-refractivity contribution in [1.82, 2.24) is 0 Å². The number of rotatable bonds is 1. The molecule has 2 nitrogen and oxygen atoms in total. The van der Waals surface area contributed by atoms with Gasteiger partial charge in [0.15, 0.2) is 0 Å². The predicted octanol–water partition coefficient (Wildman–Crippen LogP) is 3.78. The summed E-state index contributed by atoms with van der Waals surface area (Å²) < 4.78 is 5.90. The van der Waals surface area contributed by atoms with Crippen molar-refractivity contribution in [2.45, 2.75) is 32.4 Å². The lowest BCUT2D eigenvalue weighted by Gasteiger charge is -2.25. The number of hydrogen-bond acceptors (Lipinski definition) is 2. The average Bonchev–Trinajstić information content (AvgIpc) is 2.37. The summed E-state index contributed by atoms with van der Waals surface area (Å²) in [5, 5.41) is 2.44. The first-order valence-electron chi connectivity index (χ1n) is 6.46. The van der Waals surface area contributed by atoms with Crippen LogP contribution in [0.5, 0.6) is 0 Å². The molecule has 92 valence electrons. The Labute approximate surface area is 107 Å². The minimum Gasteiger partial charge on any atom is -0.474 e. The second-order valence-electron chi connectivity index (χ2n) is 4.97. The van der Waals surface area contributed by atoms with Crippen LogP contribution in [0.25, 0.3) is 10.8 Å². The minimum absolute atomic E-state index is 0.242. The molecule has 0 saturated heterocycles. The van der Waals surface area contributed by atoms with Crippen molar-refractivity contribution in [2.75, 3.05) is 0 Å². The number of hydrogen-bond donors (Lipinski definition) is 0. The van der Waals surface area contributed by atoms with E-state index in [0.717, 1.165) is 17.9 Å². The van der Waals surface area contributed by atoms with Gasteiger partial charge < -0.3 is 4.74 Å². The molecular formula is C16H17NO. The standard InChI is InChI=1S/C16H17NO/c1-11-10-12(2)18-16(17-11)15-9-5-7-13-6-3-4-8-14(13)15/h3-9,11-12H,10H2,1-2H3. The molecule has 0 bridgehead atoms. The number of benzene rings is 2. The molecule has 1 heterocycles. The van der Waals surface area contributed by atoms with E-state index < -0.39 is 0 Å². The second kappa shape index (κ2) is 4.45. The number of aliphatic imine (C=N–C) groups is 1. The molecule has 18 heavy (non-hydrogen) atoms. The van der Waals surface area contributed by atoms with Gasteiger partial charge in [-0.15, -0.1) is 0 Å². The van der Waals surface area contributed by atoms with Crippen LogP contribution in [0.15, 0.2) is 47.5 Å². The molecule has 0 aromatic heterocycles. The second-order valence-corrected chi connectivity index (χ2v) is 4.97. The Hall–Kier alpha value is -1.83.